The summed E-state index contributed by atoms with van der Waals surface area (Å²) in [6, 6.07) is 9.10. The van der Waals surface area contributed by atoms with Crippen molar-refractivity contribution in [2.75, 3.05) is 0 Å². The largest absolute Gasteiger partial charge is 0.507 e. The van der Waals surface area contributed by atoms with Gasteiger partial charge in [-0.25, -0.2) is 0 Å². The van der Waals surface area contributed by atoms with Crippen LogP contribution in [0.1, 0.15) is 169 Å². The average Bonchev–Trinajstić information content (AvgIpc) is 2.91. The van der Waals surface area contributed by atoms with E-state index in [9.17, 15) is 10.2 Å². The van der Waals surface area contributed by atoms with Gasteiger partial charge in [0.1, 0.15) is 11.5 Å². The highest BCUT2D eigenvalue weighted by molar-refractivity contribution is 8.03. The molecule has 0 radical (unpaired) electrons. The van der Waals surface area contributed by atoms with Crippen molar-refractivity contribution in [1.29, 1.82) is 0 Å². The van der Waals surface area contributed by atoms with Crippen LogP contribution in [0.4, 0.5) is 0 Å². The topological polar surface area (TPSA) is 40.5 Å². The van der Waals surface area contributed by atoms with Gasteiger partial charge >= 0.3 is 0 Å². The molecule has 2 nitrogen and oxygen atoms in total. The lowest BCUT2D eigenvalue weighted by atomic mass is 9.72. The minimum Gasteiger partial charge on any atom is -0.507 e. The Morgan fingerprint density at radius 3 is 1.17 bits per heavy atom. The van der Waals surface area contributed by atoms with Crippen LogP contribution >= 0.6 is 23.5 Å². The van der Waals surface area contributed by atoms with Crippen LogP contribution in [-0.4, -0.2) is 20.7 Å². The smallest absolute Gasteiger partial charge is 0.123 e. The maximum Gasteiger partial charge on any atom is 0.123 e. The second-order valence-corrected chi connectivity index (χ2v) is 20.5. The number of hydrogen-bond acceptors (Lipinski definition) is 4. The SMILES string of the molecule is CC(C)C(C)(C)c1cc(C(C)(C)C)cc(CS[C@H]2CCCCCC[C@@H]2SCc2cc(C(C)(C)C)cc(C(C)(C)C(C)C)c2O)c1O. The van der Waals surface area contributed by atoms with Gasteiger partial charge in [0.15, 0.2) is 0 Å². The Kier molecular flexibility index (Phi) is 12.9. The third-order valence-corrected chi connectivity index (χ3v) is 14.5. The summed E-state index contributed by atoms with van der Waals surface area (Å²) >= 11 is 4.11. The van der Waals surface area contributed by atoms with Gasteiger partial charge in [-0.05, 0) is 57.5 Å². The molecule has 0 saturated heterocycles. The standard InChI is InChI=1S/C42H68O2S2/c1-27(2)41(11,12)33-23-31(39(5,6)7)21-29(37(33)43)25-45-35-19-17-15-16-18-20-36(35)46-26-30-22-32(40(8,9)10)24-34(38(30)44)42(13,14)28(3)4/h21-24,27-28,35-36,43-44H,15-20,25-26H2,1-14H3/t35-,36-/m0/s1. The molecule has 0 amide bonds. The van der Waals surface area contributed by atoms with E-state index < -0.39 is 0 Å². The molecule has 0 aliphatic heterocycles. The second kappa shape index (κ2) is 15.1. The first-order valence-electron chi connectivity index (χ1n) is 18.0. The first-order valence-corrected chi connectivity index (χ1v) is 20.1. The normalized spacial score (nSPS) is 19.0. The molecule has 2 N–H and O–H groups in total. The van der Waals surface area contributed by atoms with Crippen LogP contribution in [-0.2, 0) is 33.2 Å². The Hall–Kier alpha value is -1.26. The van der Waals surface area contributed by atoms with E-state index in [0.717, 1.165) is 33.8 Å². The van der Waals surface area contributed by atoms with Gasteiger partial charge in [0.25, 0.3) is 0 Å². The molecule has 0 heterocycles. The molecule has 2 atom stereocenters. The zero-order valence-corrected chi connectivity index (χ0v) is 33.6. The highest BCUT2D eigenvalue weighted by atomic mass is 32.2. The van der Waals surface area contributed by atoms with Crippen LogP contribution in [0.15, 0.2) is 24.3 Å². The van der Waals surface area contributed by atoms with Crippen LogP contribution in [0.25, 0.3) is 0 Å². The van der Waals surface area contributed by atoms with E-state index in [0.29, 0.717) is 33.8 Å². The fraction of sp³-hybridized carbons (Fsp3) is 0.714. The summed E-state index contributed by atoms with van der Waals surface area (Å²) in [4.78, 5) is 0. The molecule has 46 heavy (non-hydrogen) atoms. The van der Waals surface area contributed by atoms with Crippen LogP contribution in [0, 0.1) is 11.8 Å². The lowest BCUT2D eigenvalue weighted by Gasteiger charge is -2.34. The van der Waals surface area contributed by atoms with E-state index in [-0.39, 0.29) is 21.7 Å². The minimum atomic E-state index is -0.115. The Morgan fingerprint density at radius 2 is 0.891 bits per heavy atom. The van der Waals surface area contributed by atoms with Gasteiger partial charge < -0.3 is 10.2 Å². The fourth-order valence-electron chi connectivity index (χ4n) is 6.27. The summed E-state index contributed by atoms with van der Waals surface area (Å²) in [5, 5.41) is 24.5. The molecule has 260 valence electrons. The molecule has 1 aliphatic carbocycles. The predicted octanol–water partition coefficient (Wildman–Crippen LogP) is 12.8. The Bertz CT molecular complexity index is 1200. The van der Waals surface area contributed by atoms with Crippen LogP contribution in [0.3, 0.4) is 0 Å². The van der Waals surface area contributed by atoms with E-state index in [1.165, 1.54) is 49.7 Å². The molecular formula is C42H68O2S2. The van der Waals surface area contributed by atoms with E-state index >= 15 is 0 Å². The third-order valence-electron chi connectivity index (χ3n) is 11.4. The first kappa shape index (κ1) is 39.2. The van der Waals surface area contributed by atoms with Crippen molar-refractivity contribution in [3.63, 3.8) is 0 Å². The third kappa shape index (κ3) is 9.25. The second-order valence-electron chi connectivity index (χ2n) is 18.0. The Labute approximate surface area is 292 Å². The van der Waals surface area contributed by atoms with E-state index in [1.54, 1.807) is 0 Å². The van der Waals surface area contributed by atoms with Gasteiger partial charge in [0.2, 0.25) is 0 Å². The van der Waals surface area contributed by atoms with Gasteiger partial charge in [-0.1, -0.05) is 147 Å². The number of aromatic hydroxyl groups is 2. The average molecular weight is 669 g/mol. The minimum absolute atomic E-state index is 0.0140. The van der Waals surface area contributed by atoms with Crippen molar-refractivity contribution in [3.05, 3.63) is 57.6 Å². The molecule has 0 spiro atoms. The maximum atomic E-state index is 11.7. The monoisotopic (exact) mass is 668 g/mol. The predicted molar refractivity (Wildman–Crippen MR) is 207 cm³/mol. The lowest BCUT2D eigenvalue weighted by molar-refractivity contribution is 0.349. The number of thioether (sulfide) groups is 2. The molecule has 1 aliphatic rings. The number of phenols is 2. The Morgan fingerprint density at radius 1 is 0.565 bits per heavy atom. The highest BCUT2D eigenvalue weighted by Crippen LogP contribution is 2.46. The molecule has 0 bridgehead atoms. The molecule has 2 aromatic carbocycles. The van der Waals surface area contributed by atoms with Crippen molar-refractivity contribution in [1.82, 2.24) is 0 Å². The summed E-state index contributed by atoms with van der Waals surface area (Å²) in [6.45, 7) is 31.8. The van der Waals surface area contributed by atoms with Crippen LogP contribution in [0.2, 0.25) is 0 Å². The molecular weight excluding hydrogens is 601 g/mol. The van der Waals surface area contributed by atoms with E-state index in [1.807, 2.05) is 0 Å². The molecule has 4 heteroatoms. The van der Waals surface area contributed by atoms with Gasteiger partial charge in [-0.2, -0.15) is 23.5 Å². The van der Waals surface area contributed by atoms with Gasteiger partial charge in [0.05, 0.1) is 0 Å². The van der Waals surface area contributed by atoms with Gasteiger partial charge in [0, 0.05) is 44.3 Å². The van der Waals surface area contributed by atoms with Crippen molar-refractivity contribution in [2.45, 2.75) is 179 Å². The zero-order valence-electron chi connectivity index (χ0n) is 32.0. The summed E-state index contributed by atoms with van der Waals surface area (Å²) in [5.41, 5.74) is 6.76. The van der Waals surface area contributed by atoms with Crippen molar-refractivity contribution in [2.24, 2.45) is 11.8 Å². The Balaban J connectivity index is 1.95. The molecule has 1 saturated carbocycles. The van der Waals surface area contributed by atoms with Crippen LogP contribution < -0.4 is 0 Å². The maximum absolute atomic E-state index is 11.7. The first-order chi connectivity index (χ1) is 21.1. The molecule has 2 aromatic rings. The zero-order chi connectivity index (χ0) is 34.8. The summed E-state index contributed by atoms with van der Waals surface area (Å²) in [6.07, 6.45) is 7.60. The fourth-order valence-corrected chi connectivity index (χ4v) is 9.34. The summed E-state index contributed by atoms with van der Waals surface area (Å²) in [7, 11) is 0. The molecule has 0 aromatic heterocycles. The lowest BCUT2D eigenvalue weighted by Crippen LogP contribution is -2.26. The number of benzene rings is 2. The molecule has 0 unspecified atom stereocenters. The summed E-state index contributed by atoms with van der Waals surface area (Å²) < 4.78 is 0. The number of hydrogen-bond donors (Lipinski definition) is 2. The quantitative estimate of drug-likeness (QED) is 0.264. The van der Waals surface area contributed by atoms with Crippen molar-refractivity contribution >= 4 is 23.5 Å². The van der Waals surface area contributed by atoms with Crippen LogP contribution in [0.5, 0.6) is 11.5 Å². The van der Waals surface area contributed by atoms with E-state index in [2.05, 4.69) is 145 Å². The van der Waals surface area contributed by atoms with Gasteiger partial charge in [-0.15, -0.1) is 0 Å². The van der Waals surface area contributed by atoms with Crippen molar-refractivity contribution in [3.8, 4) is 11.5 Å². The number of phenolic OH excluding ortho intramolecular Hbond substituents is 2. The van der Waals surface area contributed by atoms with E-state index in [4.69, 9.17) is 0 Å². The molecule has 1 fully saturated rings. The summed E-state index contributed by atoms with van der Waals surface area (Å²) in [5.74, 6) is 3.49. The van der Waals surface area contributed by atoms with Crippen molar-refractivity contribution < 1.29 is 10.2 Å². The van der Waals surface area contributed by atoms with Gasteiger partial charge in [-0.3, -0.25) is 0 Å². The molecule has 3 rings (SSSR count). The highest BCUT2D eigenvalue weighted by Gasteiger charge is 2.33. The number of rotatable bonds is 10.